The molecule has 0 bridgehead atoms. The summed E-state index contributed by atoms with van der Waals surface area (Å²) in [5, 5.41) is 0.597. The van der Waals surface area contributed by atoms with E-state index in [1.807, 2.05) is 18.2 Å². The monoisotopic (exact) mass is 297 g/mol. The fraction of sp³-hybridized carbons (Fsp3) is 0.143. The highest BCUT2D eigenvalue weighted by molar-refractivity contribution is 7.83. The minimum atomic E-state index is -1.14. The van der Waals surface area contributed by atoms with Crippen LogP contribution in [0.1, 0.15) is 11.1 Å². The quantitative estimate of drug-likeness (QED) is 0.878. The molecule has 0 heterocycles. The first kappa shape index (κ1) is 14.0. The van der Waals surface area contributed by atoms with Gasteiger partial charge in [0.25, 0.3) is 0 Å². The molecule has 0 aromatic heterocycles. The van der Waals surface area contributed by atoms with Crippen LogP contribution in [-0.2, 0) is 22.3 Å². The smallest absolute Gasteiger partial charge is 0.146 e. The van der Waals surface area contributed by atoms with Crippen molar-refractivity contribution in [3.8, 4) is 0 Å². The predicted octanol–water partition coefficient (Wildman–Crippen LogP) is 3.51. The van der Waals surface area contributed by atoms with Gasteiger partial charge in [0.15, 0.2) is 0 Å². The molecule has 19 heavy (non-hydrogen) atoms. The van der Waals surface area contributed by atoms with Gasteiger partial charge < -0.3 is 5.73 Å². The molecule has 0 saturated heterocycles. The number of hydrogen-bond donors (Lipinski definition) is 1. The SMILES string of the molecule is Nc1ccc(CS(=O)Cc2ccccc2Cl)cc1F. The maximum Gasteiger partial charge on any atom is 0.146 e. The van der Waals surface area contributed by atoms with Crippen molar-refractivity contribution in [1.29, 1.82) is 0 Å². The average Bonchev–Trinajstić information content (AvgIpc) is 2.37. The first-order valence-electron chi connectivity index (χ1n) is 5.68. The number of anilines is 1. The highest BCUT2D eigenvalue weighted by Gasteiger charge is 2.08. The third-order valence-corrected chi connectivity index (χ3v) is 4.32. The van der Waals surface area contributed by atoms with Gasteiger partial charge in [-0.05, 0) is 29.3 Å². The van der Waals surface area contributed by atoms with Crippen molar-refractivity contribution in [1.82, 2.24) is 0 Å². The van der Waals surface area contributed by atoms with E-state index in [9.17, 15) is 8.60 Å². The second kappa shape index (κ2) is 6.17. The Bertz CT molecular complexity index is 618. The summed E-state index contributed by atoms with van der Waals surface area (Å²) in [6, 6.07) is 11.8. The molecule has 0 aliphatic carbocycles. The van der Waals surface area contributed by atoms with E-state index in [-0.39, 0.29) is 11.4 Å². The lowest BCUT2D eigenvalue weighted by Crippen LogP contribution is -2.01. The Balaban J connectivity index is 2.05. The maximum atomic E-state index is 13.3. The van der Waals surface area contributed by atoms with Crippen LogP contribution in [0, 0.1) is 5.82 Å². The summed E-state index contributed by atoms with van der Waals surface area (Å²) >= 11 is 6.01. The van der Waals surface area contributed by atoms with Crippen molar-refractivity contribution in [3.05, 3.63) is 64.4 Å². The molecule has 2 N–H and O–H groups in total. The minimum Gasteiger partial charge on any atom is -0.396 e. The number of rotatable bonds is 4. The molecular weight excluding hydrogens is 285 g/mol. The Kier molecular flexibility index (Phi) is 4.56. The molecule has 5 heteroatoms. The molecular formula is C14H13ClFNOS. The molecule has 0 aliphatic heterocycles. The molecule has 0 amide bonds. The Morgan fingerprint density at radius 3 is 2.58 bits per heavy atom. The highest BCUT2D eigenvalue weighted by atomic mass is 35.5. The maximum absolute atomic E-state index is 13.3. The number of halogens is 2. The molecule has 1 unspecified atom stereocenters. The van der Waals surface area contributed by atoms with Crippen molar-refractivity contribution in [3.63, 3.8) is 0 Å². The van der Waals surface area contributed by atoms with Crippen LogP contribution in [0.15, 0.2) is 42.5 Å². The molecule has 2 nitrogen and oxygen atoms in total. The van der Waals surface area contributed by atoms with Crippen molar-refractivity contribution in [2.24, 2.45) is 0 Å². The third-order valence-electron chi connectivity index (χ3n) is 2.67. The molecule has 0 spiro atoms. The van der Waals surface area contributed by atoms with E-state index in [4.69, 9.17) is 17.3 Å². The third kappa shape index (κ3) is 3.78. The Hall–Kier alpha value is -1.39. The summed E-state index contributed by atoms with van der Waals surface area (Å²) in [5.74, 6) is 0.154. The van der Waals surface area contributed by atoms with E-state index in [1.54, 1.807) is 12.1 Å². The van der Waals surface area contributed by atoms with E-state index < -0.39 is 16.6 Å². The zero-order chi connectivity index (χ0) is 13.8. The van der Waals surface area contributed by atoms with Gasteiger partial charge in [-0.15, -0.1) is 0 Å². The van der Waals surface area contributed by atoms with Gasteiger partial charge in [0, 0.05) is 21.6 Å². The second-order valence-electron chi connectivity index (χ2n) is 4.18. The Labute approximate surface area is 118 Å². The van der Waals surface area contributed by atoms with Crippen LogP contribution in [0.2, 0.25) is 5.02 Å². The van der Waals surface area contributed by atoms with Crippen LogP contribution in [0.3, 0.4) is 0 Å². The predicted molar refractivity (Wildman–Crippen MR) is 77.8 cm³/mol. The molecule has 0 aliphatic rings. The van der Waals surface area contributed by atoms with Crippen LogP contribution >= 0.6 is 11.6 Å². The Morgan fingerprint density at radius 1 is 1.16 bits per heavy atom. The van der Waals surface area contributed by atoms with Gasteiger partial charge in [-0.1, -0.05) is 35.9 Å². The van der Waals surface area contributed by atoms with E-state index in [0.717, 1.165) is 5.56 Å². The summed E-state index contributed by atoms with van der Waals surface area (Å²) in [6.45, 7) is 0. The molecule has 2 aromatic rings. The van der Waals surface area contributed by atoms with Gasteiger partial charge in [-0.3, -0.25) is 4.21 Å². The standard InChI is InChI=1S/C14H13ClFNOS/c15-12-4-2-1-3-11(12)9-19(18)8-10-5-6-14(17)13(16)7-10/h1-7H,8-9,17H2. The van der Waals surface area contributed by atoms with Crippen molar-refractivity contribution >= 4 is 28.1 Å². The van der Waals surface area contributed by atoms with Gasteiger partial charge >= 0.3 is 0 Å². The van der Waals surface area contributed by atoms with Crippen molar-refractivity contribution in [2.75, 3.05) is 5.73 Å². The summed E-state index contributed by atoms with van der Waals surface area (Å²) in [5.41, 5.74) is 6.99. The van der Waals surface area contributed by atoms with Gasteiger partial charge in [-0.2, -0.15) is 0 Å². The van der Waals surface area contributed by atoms with E-state index in [0.29, 0.717) is 16.3 Å². The van der Waals surface area contributed by atoms with E-state index >= 15 is 0 Å². The summed E-state index contributed by atoms with van der Waals surface area (Å²) in [6.07, 6.45) is 0. The lowest BCUT2D eigenvalue weighted by Gasteiger charge is -2.06. The molecule has 1 atom stereocenters. The Morgan fingerprint density at radius 2 is 1.89 bits per heavy atom. The largest absolute Gasteiger partial charge is 0.396 e. The van der Waals surface area contributed by atoms with Crippen LogP contribution in [0.25, 0.3) is 0 Å². The first-order valence-corrected chi connectivity index (χ1v) is 7.55. The van der Waals surface area contributed by atoms with Crippen molar-refractivity contribution < 1.29 is 8.60 Å². The number of nitrogens with two attached hydrogens (primary N) is 1. The highest BCUT2D eigenvalue weighted by Crippen LogP contribution is 2.19. The molecule has 0 saturated carbocycles. The van der Waals surface area contributed by atoms with Crippen LogP contribution in [-0.4, -0.2) is 4.21 Å². The lowest BCUT2D eigenvalue weighted by molar-refractivity contribution is 0.631. The molecule has 2 aromatic carbocycles. The van der Waals surface area contributed by atoms with Crippen LogP contribution in [0.4, 0.5) is 10.1 Å². The second-order valence-corrected chi connectivity index (χ2v) is 6.04. The van der Waals surface area contributed by atoms with E-state index in [1.165, 1.54) is 12.1 Å². The zero-order valence-corrected chi connectivity index (χ0v) is 11.7. The summed E-state index contributed by atoms with van der Waals surface area (Å²) in [4.78, 5) is 0. The normalized spacial score (nSPS) is 12.3. The first-order chi connectivity index (χ1) is 9.06. The lowest BCUT2D eigenvalue weighted by atomic mass is 10.2. The van der Waals surface area contributed by atoms with Gasteiger partial charge in [0.05, 0.1) is 11.4 Å². The number of hydrogen-bond acceptors (Lipinski definition) is 2. The van der Waals surface area contributed by atoms with Crippen LogP contribution < -0.4 is 5.73 Å². The number of benzene rings is 2. The topological polar surface area (TPSA) is 43.1 Å². The average molecular weight is 298 g/mol. The van der Waals surface area contributed by atoms with E-state index in [2.05, 4.69) is 0 Å². The van der Waals surface area contributed by atoms with Gasteiger partial charge in [-0.25, -0.2) is 4.39 Å². The molecule has 100 valence electrons. The summed E-state index contributed by atoms with van der Waals surface area (Å²) < 4.78 is 25.3. The molecule has 0 radical (unpaired) electrons. The molecule has 2 rings (SSSR count). The fourth-order valence-corrected chi connectivity index (χ4v) is 3.22. The molecule has 0 fully saturated rings. The van der Waals surface area contributed by atoms with Crippen LogP contribution in [0.5, 0.6) is 0 Å². The minimum absolute atomic E-state index is 0.0978. The van der Waals surface area contributed by atoms with Gasteiger partial charge in [0.2, 0.25) is 0 Å². The van der Waals surface area contributed by atoms with Crippen molar-refractivity contribution in [2.45, 2.75) is 11.5 Å². The fourth-order valence-electron chi connectivity index (χ4n) is 1.69. The zero-order valence-electron chi connectivity index (χ0n) is 10.1. The van der Waals surface area contributed by atoms with Gasteiger partial charge in [0.1, 0.15) is 5.82 Å². The number of nitrogen functional groups attached to an aromatic ring is 1. The summed E-state index contributed by atoms with van der Waals surface area (Å²) in [7, 11) is -1.14.